The molecule has 1 N–H and O–H groups in total. The first kappa shape index (κ1) is 32.6. The number of ether oxygens (including phenoxy) is 4. The van der Waals surface area contributed by atoms with E-state index in [1.54, 1.807) is 32.4 Å². The van der Waals surface area contributed by atoms with E-state index < -0.39 is 0 Å². The minimum atomic E-state index is -0.320. The number of carbonyl (C=O) groups is 2. The first-order valence-corrected chi connectivity index (χ1v) is 15.5. The number of benzene rings is 2. The summed E-state index contributed by atoms with van der Waals surface area (Å²) in [6, 6.07) is 15.3. The van der Waals surface area contributed by atoms with Gasteiger partial charge in [0.05, 0.1) is 20.3 Å². The van der Waals surface area contributed by atoms with Crippen molar-refractivity contribution in [3.8, 4) is 11.5 Å². The third kappa shape index (κ3) is 9.34. The van der Waals surface area contributed by atoms with Gasteiger partial charge in [0.2, 0.25) is 0 Å². The van der Waals surface area contributed by atoms with Crippen LogP contribution in [0.25, 0.3) is 0 Å². The summed E-state index contributed by atoms with van der Waals surface area (Å²) in [5.41, 5.74) is 1.32. The molecule has 9 nitrogen and oxygen atoms in total. The molecule has 1 saturated heterocycles. The molecule has 2 aromatic carbocycles. The van der Waals surface area contributed by atoms with Gasteiger partial charge in [-0.1, -0.05) is 37.3 Å². The predicted octanol–water partition coefficient (Wildman–Crippen LogP) is 5.38. The fourth-order valence-corrected chi connectivity index (χ4v) is 5.79. The summed E-state index contributed by atoms with van der Waals surface area (Å²) in [7, 11) is 3.25. The zero-order chi connectivity index (χ0) is 30.8. The summed E-state index contributed by atoms with van der Waals surface area (Å²) >= 11 is 0. The number of carbonyl (C=O) groups excluding carboxylic acids is 2. The molecule has 0 radical (unpaired) electrons. The number of methoxy groups -OCH3 is 2. The van der Waals surface area contributed by atoms with E-state index >= 15 is 0 Å². The molecule has 43 heavy (non-hydrogen) atoms. The molecule has 2 atom stereocenters. The van der Waals surface area contributed by atoms with Crippen LogP contribution in [0.1, 0.15) is 62.4 Å². The van der Waals surface area contributed by atoms with Crippen LogP contribution in [0.15, 0.2) is 48.5 Å². The second kappa shape index (κ2) is 15.4. The smallest absolute Gasteiger partial charge is 0.410 e. The van der Waals surface area contributed by atoms with Gasteiger partial charge in [0.1, 0.15) is 0 Å². The number of hydrogen-bond donors (Lipinski definition) is 1. The van der Waals surface area contributed by atoms with Gasteiger partial charge in [0, 0.05) is 69.4 Å². The Balaban J connectivity index is 1.41. The molecule has 1 unspecified atom stereocenters. The molecular formula is C34H49N3O6. The molecule has 1 aliphatic carbocycles. The van der Waals surface area contributed by atoms with Gasteiger partial charge in [0.15, 0.2) is 11.5 Å². The van der Waals surface area contributed by atoms with E-state index in [0.29, 0.717) is 55.8 Å². The second-order valence-corrected chi connectivity index (χ2v) is 12.5. The first-order valence-electron chi connectivity index (χ1n) is 15.5. The first-order chi connectivity index (χ1) is 20.7. The molecule has 2 amide bonds. The lowest BCUT2D eigenvalue weighted by Crippen LogP contribution is -2.57. The van der Waals surface area contributed by atoms with Crippen molar-refractivity contribution in [1.82, 2.24) is 15.1 Å². The lowest BCUT2D eigenvalue weighted by atomic mass is 9.80. The highest BCUT2D eigenvalue weighted by Gasteiger charge is 2.39. The zero-order valence-electron chi connectivity index (χ0n) is 26.5. The summed E-state index contributed by atoms with van der Waals surface area (Å²) in [5.74, 6) is 1.62. The van der Waals surface area contributed by atoms with Crippen molar-refractivity contribution in [2.75, 3.05) is 53.7 Å². The average molecular weight is 596 g/mol. The number of piperidine rings is 1. The predicted molar refractivity (Wildman–Crippen MR) is 167 cm³/mol. The SMILES string of the molecule is COCCCOc1cc(C(=O)N(C(C)C)[C@H]2CNCC(C)(COC(=O)N(Cc3ccccc3)CC3CC3)C2)ccc1OC. The molecule has 2 aromatic rings. The van der Waals surface area contributed by atoms with E-state index in [0.717, 1.165) is 37.8 Å². The molecule has 0 spiro atoms. The molecule has 9 heteroatoms. The number of hydrogen-bond acceptors (Lipinski definition) is 7. The van der Waals surface area contributed by atoms with Crippen LogP contribution in [-0.4, -0.2) is 87.6 Å². The highest BCUT2D eigenvalue weighted by Crippen LogP contribution is 2.34. The van der Waals surface area contributed by atoms with Gasteiger partial charge in [-0.2, -0.15) is 0 Å². The van der Waals surface area contributed by atoms with E-state index in [2.05, 4.69) is 12.2 Å². The molecule has 0 aromatic heterocycles. The lowest BCUT2D eigenvalue weighted by Gasteiger charge is -2.44. The lowest BCUT2D eigenvalue weighted by molar-refractivity contribution is 0.0164. The van der Waals surface area contributed by atoms with Gasteiger partial charge in [0.25, 0.3) is 5.91 Å². The molecule has 236 valence electrons. The topological polar surface area (TPSA) is 89.6 Å². The van der Waals surface area contributed by atoms with Crippen molar-refractivity contribution < 1.29 is 28.5 Å². The molecule has 1 aliphatic heterocycles. The van der Waals surface area contributed by atoms with Crippen LogP contribution >= 0.6 is 0 Å². The minimum Gasteiger partial charge on any atom is -0.493 e. The van der Waals surface area contributed by atoms with Gasteiger partial charge in [-0.15, -0.1) is 0 Å². The van der Waals surface area contributed by atoms with E-state index in [9.17, 15) is 9.59 Å². The van der Waals surface area contributed by atoms with Gasteiger partial charge >= 0.3 is 6.09 Å². The standard InChI is InChI=1S/C34H49N3O6/c1-25(2)37(32(38)28-14-15-30(41-5)31(18-28)42-17-9-16-40-4)29-19-34(3,23-35-20-29)24-43-33(39)36(22-27-12-13-27)21-26-10-7-6-8-11-26/h6-8,10-11,14-15,18,25,27,29,35H,9,12-13,16-17,19-24H2,1-5H3/t29-,34?/m1/s1. The summed E-state index contributed by atoms with van der Waals surface area (Å²) in [6.45, 7) is 10.2. The Labute approximate surface area is 256 Å². The van der Waals surface area contributed by atoms with E-state index in [1.165, 1.54) is 0 Å². The van der Waals surface area contributed by atoms with Crippen molar-refractivity contribution in [2.24, 2.45) is 11.3 Å². The summed E-state index contributed by atoms with van der Waals surface area (Å²) in [5, 5.41) is 3.52. The third-order valence-corrected chi connectivity index (χ3v) is 8.20. The van der Waals surface area contributed by atoms with Gasteiger partial charge in [-0.3, -0.25) is 4.79 Å². The Morgan fingerprint density at radius 2 is 1.81 bits per heavy atom. The average Bonchev–Trinajstić information content (AvgIpc) is 3.82. The maximum atomic E-state index is 14.0. The van der Waals surface area contributed by atoms with E-state index in [4.69, 9.17) is 18.9 Å². The van der Waals surface area contributed by atoms with Crippen LogP contribution in [0, 0.1) is 11.3 Å². The summed E-state index contributed by atoms with van der Waals surface area (Å²) in [4.78, 5) is 31.0. The van der Waals surface area contributed by atoms with Crippen LogP contribution in [0.2, 0.25) is 0 Å². The van der Waals surface area contributed by atoms with E-state index in [-0.39, 0.29) is 36.1 Å². The normalized spacial score (nSPS) is 20.0. The molecule has 2 fully saturated rings. The number of rotatable bonds is 15. The second-order valence-electron chi connectivity index (χ2n) is 12.5. The van der Waals surface area contributed by atoms with Gasteiger partial charge in [-0.05, 0) is 62.8 Å². The van der Waals surface area contributed by atoms with Crippen LogP contribution in [0.3, 0.4) is 0 Å². The van der Waals surface area contributed by atoms with E-state index in [1.807, 2.05) is 54.0 Å². The highest BCUT2D eigenvalue weighted by molar-refractivity contribution is 5.95. The third-order valence-electron chi connectivity index (χ3n) is 8.20. The van der Waals surface area contributed by atoms with Gasteiger partial charge in [-0.25, -0.2) is 4.79 Å². The zero-order valence-corrected chi connectivity index (χ0v) is 26.5. The van der Waals surface area contributed by atoms with Crippen molar-refractivity contribution in [3.63, 3.8) is 0 Å². The van der Waals surface area contributed by atoms with Crippen molar-refractivity contribution in [3.05, 3.63) is 59.7 Å². The Morgan fingerprint density at radius 3 is 2.49 bits per heavy atom. The minimum absolute atomic E-state index is 0.0303. The Kier molecular flexibility index (Phi) is 11.7. The van der Waals surface area contributed by atoms with Crippen LogP contribution in [0.5, 0.6) is 11.5 Å². The van der Waals surface area contributed by atoms with Crippen LogP contribution in [0.4, 0.5) is 4.79 Å². The van der Waals surface area contributed by atoms with Crippen molar-refractivity contribution in [1.29, 1.82) is 0 Å². The maximum absolute atomic E-state index is 14.0. The summed E-state index contributed by atoms with van der Waals surface area (Å²) < 4.78 is 22.5. The van der Waals surface area contributed by atoms with Crippen LogP contribution in [-0.2, 0) is 16.0 Å². The van der Waals surface area contributed by atoms with Crippen molar-refractivity contribution in [2.45, 2.75) is 65.1 Å². The quantitative estimate of drug-likeness (QED) is 0.277. The molecule has 1 heterocycles. The van der Waals surface area contributed by atoms with Crippen LogP contribution < -0.4 is 14.8 Å². The number of nitrogens with zero attached hydrogens (tertiary/aromatic N) is 2. The molecule has 2 aliphatic rings. The molecular weight excluding hydrogens is 546 g/mol. The summed E-state index contributed by atoms with van der Waals surface area (Å²) in [6.07, 6.45) is 3.51. The fraction of sp³-hybridized carbons (Fsp3) is 0.588. The maximum Gasteiger partial charge on any atom is 0.410 e. The van der Waals surface area contributed by atoms with Crippen molar-refractivity contribution >= 4 is 12.0 Å². The Bertz CT molecular complexity index is 1190. The monoisotopic (exact) mass is 595 g/mol. The number of amides is 2. The Hall–Kier alpha value is -3.30. The fourth-order valence-electron chi connectivity index (χ4n) is 5.79. The Morgan fingerprint density at radius 1 is 1.05 bits per heavy atom. The highest BCUT2D eigenvalue weighted by atomic mass is 16.6. The largest absolute Gasteiger partial charge is 0.493 e. The number of nitrogens with one attached hydrogen (secondary N) is 1. The van der Waals surface area contributed by atoms with Gasteiger partial charge < -0.3 is 34.1 Å². The molecule has 1 saturated carbocycles. The molecule has 4 rings (SSSR count). The molecule has 0 bridgehead atoms.